The number of nitrogens with one attached hydrogen (secondary N) is 2. The molecule has 5 rings (SSSR count). The lowest BCUT2D eigenvalue weighted by atomic mass is 9.87. The molecule has 55 heavy (non-hydrogen) atoms. The number of ether oxygens (including phenoxy) is 1. The second-order valence-corrected chi connectivity index (χ2v) is 14.5. The zero-order chi connectivity index (χ0) is 39.0. The van der Waals surface area contributed by atoms with Crippen LogP contribution in [-0.2, 0) is 21.7 Å². The number of rotatable bonds is 20. The van der Waals surface area contributed by atoms with Gasteiger partial charge in [0, 0.05) is 66.3 Å². The van der Waals surface area contributed by atoms with E-state index in [1.54, 1.807) is 36.2 Å². The third-order valence-corrected chi connectivity index (χ3v) is 10.7. The Kier molecular flexibility index (Phi) is 16.1. The lowest BCUT2D eigenvalue weighted by molar-refractivity contribution is -0.133. The lowest BCUT2D eigenvalue weighted by Gasteiger charge is -2.26. The summed E-state index contributed by atoms with van der Waals surface area (Å²) in [7, 11) is 0. The molecule has 0 aliphatic heterocycles. The molecule has 3 amide bonds. The minimum absolute atomic E-state index is 0.0484. The van der Waals surface area contributed by atoms with Gasteiger partial charge >= 0.3 is 0 Å². The van der Waals surface area contributed by atoms with E-state index in [0.29, 0.717) is 40.6 Å². The summed E-state index contributed by atoms with van der Waals surface area (Å²) in [5.74, 6) is 0.817. The first-order chi connectivity index (χ1) is 26.8. The number of thioether (sulfide) groups is 1. The number of pyridine rings is 1. The van der Waals surface area contributed by atoms with E-state index in [-0.39, 0.29) is 63.1 Å². The van der Waals surface area contributed by atoms with Crippen molar-refractivity contribution in [3.05, 3.63) is 113 Å². The number of aliphatic hydroxyl groups excluding tert-OH is 2. The van der Waals surface area contributed by atoms with Crippen molar-refractivity contribution < 1.29 is 29.3 Å². The molecule has 0 saturated heterocycles. The van der Waals surface area contributed by atoms with E-state index in [1.807, 2.05) is 48.5 Å². The maximum atomic E-state index is 13.7. The number of carbonyl (C=O) groups excluding carboxylic acids is 3. The topological polar surface area (TPSA) is 144 Å². The van der Waals surface area contributed by atoms with Crippen LogP contribution in [0, 0.1) is 0 Å². The fourth-order valence-corrected chi connectivity index (χ4v) is 7.63. The van der Waals surface area contributed by atoms with Crippen LogP contribution >= 0.6 is 11.8 Å². The summed E-state index contributed by atoms with van der Waals surface area (Å²) in [5.41, 5.74) is 7.38. The molecule has 1 aromatic heterocycles. The summed E-state index contributed by atoms with van der Waals surface area (Å²) in [4.78, 5) is 47.9. The van der Waals surface area contributed by atoms with Crippen molar-refractivity contribution in [3.8, 4) is 11.3 Å². The van der Waals surface area contributed by atoms with Gasteiger partial charge in [-0.15, -0.1) is 0 Å². The number of benzene rings is 3. The first kappa shape index (κ1) is 41.4. The standard InChI is InChI=1S/C43H53N5O6S/c1-3-47(4-2)35-15-16-39(37(29-35)40-28-34(17-19-44-40)43(53)45-38-14-8-11-32-10-5-6-13-36(32)38)46-42(52)33-12-7-9-31(27-33)30-55-26-25-54-24-18-41(51)48(20-22-49)21-23-50/h5-7,9-10,12-13,15-17,19,27-29,38,49-50H,3-4,8,11,14,18,20-26,30H2,1-2H3,(H,45,53)(H,46,52). The third-order valence-electron chi connectivity index (χ3n) is 9.74. The molecule has 1 atom stereocenters. The molecule has 292 valence electrons. The highest BCUT2D eigenvalue weighted by Gasteiger charge is 2.23. The van der Waals surface area contributed by atoms with E-state index in [9.17, 15) is 14.4 Å². The van der Waals surface area contributed by atoms with Crippen molar-refractivity contribution in [1.29, 1.82) is 0 Å². The molecule has 0 bridgehead atoms. The molecular formula is C43H53N5O6S. The lowest BCUT2D eigenvalue weighted by Crippen LogP contribution is -2.36. The molecule has 1 aliphatic rings. The van der Waals surface area contributed by atoms with E-state index in [4.69, 9.17) is 14.9 Å². The van der Waals surface area contributed by atoms with Crippen molar-refractivity contribution >= 4 is 40.9 Å². The van der Waals surface area contributed by atoms with Crippen LogP contribution in [0.4, 0.5) is 11.4 Å². The van der Waals surface area contributed by atoms with Gasteiger partial charge < -0.3 is 35.4 Å². The predicted octanol–water partition coefficient (Wildman–Crippen LogP) is 6.11. The van der Waals surface area contributed by atoms with Gasteiger partial charge in [-0.05, 0) is 92.3 Å². The number of amides is 3. The highest BCUT2D eigenvalue weighted by molar-refractivity contribution is 7.98. The Hall–Kier alpha value is -4.75. The van der Waals surface area contributed by atoms with Crippen LogP contribution in [0.3, 0.4) is 0 Å². The first-order valence-corrected chi connectivity index (χ1v) is 20.3. The zero-order valence-electron chi connectivity index (χ0n) is 31.8. The number of aromatic nitrogens is 1. The van der Waals surface area contributed by atoms with E-state index in [0.717, 1.165) is 49.2 Å². The molecule has 0 saturated carbocycles. The maximum Gasteiger partial charge on any atom is 0.255 e. The van der Waals surface area contributed by atoms with Crippen molar-refractivity contribution in [1.82, 2.24) is 15.2 Å². The molecular weight excluding hydrogens is 715 g/mol. The van der Waals surface area contributed by atoms with Gasteiger partial charge in [0.2, 0.25) is 5.91 Å². The Morgan fingerprint density at radius 2 is 1.67 bits per heavy atom. The molecule has 3 aromatic carbocycles. The van der Waals surface area contributed by atoms with Gasteiger partial charge in [-0.25, -0.2) is 0 Å². The van der Waals surface area contributed by atoms with Gasteiger partial charge in [0.15, 0.2) is 0 Å². The molecule has 12 heteroatoms. The minimum atomic E-state index is -0.252. The maximum absolute atomic E-state index is 13.7. The van der Waals surface area contributed by atoms with Gasteiger partial charge in [-0.1, -0.05) is 36.4 Å². The largest absolute Gasteiger partial charge is 0.395 e. The molecule has 0 radical (unpaired) electrons. The molecule has 1 heterocycles. The van der Waals surface area contributed by atoms with E-state index >= 15 is 0 Å². The number of nitrogens with zero attached hydrogens (tertiary/aromatic N) is 3. The summed E-state index contributed by atoms with van der Waals surface area (Å²) < 4.78 is 5.64. The van der Waals surface area contributed by atoms with Crippen LogP contribution in [0.15, 0.2) is 85.1 Å². The third kappa shape index (κ3) is 11.6. The average Bonchev–Trinajstić information content (AvgIpc) is 3.21. The summed E-state index contributed by atoms with van der Waals surface area (Å²) in [6.07, 6.45) is 4.76. The normalized spacial score (nSPS) is 13.5. The second kappa shape index (κ2) is 21.4. The number of anilines is 2. The van der Waals surface area contributed by atoms with Gasteiger partial charge in [-0.2, -0.15) is 11.8 Å². The number of aryl methyl sites for hydroxylation is 1. The van der Waals surface area contributed by atoms with Crippen molar-refractivity contribution in [3.63, 3.8) is 0 Å². The number of hydrogen-bond acceptors (Lipinski definition) is 9. The summed E-state index contributed by atoms with van der Waals surface area (Å²) >= 11 is 1.67. The molecule has 4 N–H and O–H groups in total. The highest BCUT2D eigenvalue weighted by atomic mass is 32.2. The SMILES string of the molecule is CCN(CC)c1ccc(NC(=O)c2cccc(CSCCOCCC(=O)N(CCO)CCO)c2)c(-c2cc(C(=O)NC3CCCc4ccccc43)ccn2)c1. The number of aliphatic hydroxyl groups is 2. The van der Waals surface area contributed by atoms with Crippen LogP contribution in [0.5, 0.6) is 0 Å². The molecule has 1 unspecified atom stereocenters. The van der Waals surface area contributed by atoms with E-state index in [2.05, 4.69) is 46.5 Å². The van der Waals surface area contributed by atoms with Crippen molar-refractivity contribution in [2.75, 3.05) is 68.6 Å². The quantitative estimate of drug-likeness (QED) is 0.0784. The van der Waals surface area contributed by atoms with Crippen LogP contribution < -0.4 is 15.5 Å². The number of carbonyl (C=O) groups is 3. The van der Waals surface area contributed by atoms with Gasteiger partial charge in [-0.3, -0.25) is 19.4 Å². The van der Waals surface area contributed by atoms with E-state index < -0.39 is 0 Å². The summed E-state index contributed by atoms with van der Waals surface area (Å²) in [6.45, 7) is 6.64. The number of hydrogen-bond donors (Lipinski definition) is 4. The summed E-state index contributed by atoms with van der Waals surface area (Å²) in [6, 6.07) is 25.2. The zero-order valence-corrected chi connectivity index (χ0v) is 32.7. The fraction of sp³-hybridized carbons (Fsp3) is 0.395. The van der Waals surface area contributed by atoms with E-state index in [1.165, 1.54) is 16.0 Å². The smallest absolute Gasteiger partial charge is 0.255 e. The Bertz CT molecular complexity index is 1880. The molecule has 0 fully saturated rings. The van der Waals surface area contributed by atoms with Gasteiger partial charge in [0.05, 0.1) is 50.3 Å². The van der Waals surface area contributed by atoms with Crippen LogP contribution in [0.25, 0.3) is 11.3 Å². The monoisotopic (exact) mass is 767 g/mol. The Morgan fingerprint density at radius 3 is 2.45 bits per heavy atom. The fourth-order valence-electron chi connectivity index (χ4n) is 6.83. The van der Waals surface area contributed by atoms with Gasteiger partial charge in [0.1, 0.15) is 0 Å². The van der Waals surface area contributed by atoms with Crippen LogP contribution in [0.2, 0.25) is 0 Å². The average molecular weight is 768 g/mol. The highest BCUT2D eigenvalue weighted by Crippen LogP contribution is 2.33. The Morgan fingerprint density at radius 1 is 0.891 bits per heavy atom. The molecule has 0 spiro atoms. The molecule has 1 aliphatic carbocycles. The summed E-state index contributed by atoms with van der Waals surface area (Å²) in [5, 5.41) is 24.6. The van der Waals surface area contributed by atoms with Gasteiger partial charge in [0.25, 0.3) is 11.8 Å². The number of fused-ring (bicyclic) bond motifs is 1. The van der Waals surface area contributed by atoms with Crippen LogP contribution in [0.1, 0.15) is 76.6 Å². The Labute approximate surface area is 328 Å². The van der Waals surface area contributed by atoms with Crippen molar-refractivity contribution in [2.24, 2.45) is 0 Å². The van der Waals surface area contributed by atoms with Crippen LogP contribution in [-0.4, -0.2) is 96.2 Å². The second-order valence-electron chi connectivity index (χ2n) is 13.3. The minimum Gasteiger partial charge on any atom is -0.395 e. The van der Waals surface area contributed by atoms with Crippen molar-refractivity contribution in [2.45, 2.75) is 51.3 Å². The first-order valence-electron chi connectivity index (χ1n) is 19.1. The molecule has 11 nitrogen and oxygen atoms in total. The Balaban J connectivity index is 1.23. The predicted molar refractivity (Wildman–Crippen MR) is 220 cm³/mol. The molecule has 4 aromatic rings.